The van der Waals surface area contributed by atoms with Gasteiger partial charge in [-0.15, -0.1) is 0 Å². The van der Waals surface area contributed by atoms with E-state index in [9.17, 15) is 4.79 Å². The molecule has 0 spiro atoms. The summed E-state index contributed by atoms with van der Waals surface area (Å²) in [6.45, 7) is 8.84. The Balaban J connectivity index is 1.76. The molecule has 0 aromatic rings. The van der Waals surface area contributed by atoms with Gasteiger partial charge in [0.15, 0.2) is 5.78 Å². The van der Waals surface area contributed by atoms with E-state index in [-0.39, 0.29) is 5.92 Å². The molecule has 0 aliphatic carbocycles. The number of likely N-dealkylation sites (tertiary alicyclic amines) is 1. The van der Waals surface area contributed by atoms with E-state index >= 15 is 0 Å². The number of hydrogen-bond acceptors (Lipinski definition) is 3. The number of hydrogen-bond donors (Lipinski definition) is 0. The third-order valence-corrected chi connectivity index (χ3v) is 4.02. The molecule has 0 aromatic carbocycles. The summed E-state index contributed by atoms with van der Waals surface area (Å²) in [5.74, 6) is 2.10. The minimum absolute atomic E-state index is 0.179. The van der Waals surface area contributed by atoms with Crippen LogP contribution in [0, 0.1) is 17.8 Å². The van der Waals surface area contributed by atoms with Crippen LogP contribution in [-0.2, 0) is 9.53 Å². The zero-order valence-corrected chi connectivity index (χ0v) is 10.4. The van der Waals surface area contributed by atoms with E-state index in [1.165, 1.54) is 6.42 Å². The minimum atomic E-state index is 0.179. The topological polar surface area (TPSA) is 29.5 Å². The van der Waals surface area contributed by atoms with Gasteiger partial charge in [-0.2, -0.15) is 0 Å². The average molecular weight is 225 g/mol. The molecule has 16 heavy (non-hydrogen) atoms. The van der Waals surface area contributed by atoms with Crippen molar-refractivity contribution in [3.05, 3.63) is 0 Å². The Labute approximate surface area is 98.1 Å². The van der Waals surface area contributed by atoms with E-state index in [0.29, 0.717) is 18.9 Å². The number of rotatable bonds is 4. The fourth-order valence-corrected chi connectivity index (χ4v) is 2.69. The van der Waals surface area contributed by atoms with E-state index in [0.717, 1.165) is 38.0 Å². The quantitative estimate of drug-likeness (QED) is 0.727. The van der Waals surface area contributed by atoms with E-state index in [1.54, 1.807) is 0 Å². The van der Waals surface area contributed by atoms with Gasteiger partial charge < -0.3 is 4.74 Å². The first-order valence-electron chi connectivity index (χ1n) is 6.49. The Bertz CT molecular complexity index is 246. The second-order valence-electron chi connectivity index (χ2n) is 5.55. The monoisotopic (exact) mass is 225 g/mol. The predicted octanol–water partition coefficient (Wildman–Crippen LogP) is 1.57. The Hall–Kier alpha value is -0.410. The van der Waals surface area contributed by atoms with Gasteiger partial charge in [-0.05, 0) is 31.2 Å². The van der Waals surface area contributed by atoms with Crippen molar-refractivity contribution in [1.82, 2.24) is 4.90 Å². The van der Waals surface area contributed by atoms with Gasteiger partial charge in [0.2, 0.25) is 0 Å². The Morgan fingerprint density at radius 2 is 2.25 bits per heavy atom. The van der Waals surface area contributed by atoms with E-state index in [2.05, 4.69) is 18.7 Å². The second-order valence-corrected chi connectivity index (χ2v) is 5.55. The smallest absolute Gasteiger partial charge is 0.152 e. The van der Waals surface area contributed by atoms with Crippen LogP contribution >= 0.6 is 0 Å². The fraction of sp³-hybridized carbons (Fsp3) is 0.923. The summed E-state index contributed by atoms with van der Waals surface area (Å²) in [7, 11) is 0. The number of ether oxygens (including phenoxy) is 1. The van der Waals surface area contributed by atoms with Gasteiger partial charge in [0.05, 0.1) is 13.2 Å². The van der Waals surface area contributed by atoms with Gasteiger partial charge in [-0.3, -0.25) is 9.69 Å². The summed E-state index contributed by atoms with van der Waals surface area (Å²) in [6.07, 6.45) is 2.19. The maximum atomic E-state index is 12.0. The highest BCUT2D eigenvalue weighted by Gasteiger charge is 2.29. The molecule has 92 valence electrons. The van der Waals surface area contributed by atoms with E-state index in [4.69, 9.17) is 4.74 Å². The normalized spacial score (nSPS) is 31.4. The van der Waals surface area contributed by atoms with Crippen LogP contribution in [0.15, 0.2) is 0 Å². The molecule has 3 nitrogen and oxygen atoms in total. The predicted molar refractivity (Wildman–Crippen MR) is 63.3 cm³/mol. The Morgan fingerprint density at radius 3 is 2.81 bits per heavy atom. The maximum Gasteiger partial charge on any atom is 0.152 e. The molecule has 2 unspecified atom stereocenters. The summed E-state index contributed by atoms with van der Waals surface area (Å²) in [5, 5.41) is 0. The number of carbonyl (C=O) groups excluding carboxylic acids is 1. The summed E-state index contributed by atoms with van der Waals surface area (Å²) >= 11 is 0. The largest absolute Gasteiger partial charge is 0.381 e. The van der Waals surface area contributed by atoms with Gasteiger partial charge in [0, 0.05) is 19.1 Å². The van der Waals surface area contributed by atoms with Crippen molar-refractivity contribution in [3.8, 4) is 0 Å². The second kappa shape index (κ2) is 5.28. The highest BCUT2D eigenvalue weighted by Crippen LogP contribution is 2.24. The lowest BCUT2D eigenvalue weighted by molar-refractivity contribution is -0.123. The summed E-state index contributed by atoms with van der Waals surface area (Å²) < 4.78 is 5.26. The lowest BCUT2D eigenvalue weighted by atomic mass is 9.95. The Kier molecular flexibility index (Phi) is 3.98. The highest BCUT2D eigenvalue weighted by molar-refractivity contribution is 5.83. The molecular weight excluding hydrogens is 202 g/mol. The molecule has 2 atom stereocenters. The van der Waals surface area contributed by atoms with Crippen molar-refractivity contribution in [2.45, 2.75) is 26.7 Å². The van der Waals surface area contributed by atoms with Crippen molar-refractivity contribution in [2.24, 2.45) is 17.8 Å². The molecule has 2 fully saturated rings. The van der Waals surface area contributed by atoms with Crippen molar-refractivity contribution >= 4 is 5.78 Å². The molecule has 0 bridgehead atoms. The fourth-order valence-electron chi connectivity index (χ4n) is 2.69. The van der Waals surface area contributed by atoms with Gasteiger partial charge in [0.25, 0.3) is 0 Å². The van der Waals surface area contributed by atoms with Crippen LogP contribution in [0.5, 0.6) is 0 Å². The van der Waals surface area contributed by atoms with E-state index in [1.807, 2.05) is 0 Å². The number of carbonyl (C=O) groups is 1. The van der Waals surface area contributed by atoms with Crippen LogP contribution in [0.25, 0.3) is 0 Å². The van der Waals surface area contributed by atoms with Crippen LogP contribution < -0.4 is 0 Å². The molecule has 0 N–H and O–H groups in total. The first-order chi connectivity index (χ1) is 7.66. The van der Waals surface area contributed by atoms with Crippen LogP contribution in [-0.4, -0.2) is 43.5 Å². The lowest BCUT2D eigenvalue weighted by Gasteiger charge is -2.18. The zero-order valence-electron chi connectivity index (χ0n) is 10.4. The molecular formula is C13H23NO2. The third kappa shape index (κ3) is 2.83. The number of ketones is 1. The minimum Gasteiger partial charge on any atom is -0.381 e. The van der Waals surface area contributed by atoms with Crippen molar-refractivity contribution in [1.29, 1.82) is 0 Å². The first kappa shape index (κ1) is 12.1. The summed E-state index contributed by atoms with van der Waals surface area (Å²) in [5.41, 5.74) is 0. The molecule has 2 aliphatic rings. The van der Waals surface area contributed by atoms with Crippen LogP contribution in [0.4, 0.5) is 0 Å². The summed E-state index contributed by atoms with van der Waals surface area (Å²) in [6, 6.07) is 0. The molecule has 2 heterocycles. The SMILES string of the molecule is CC(C)C1CCN(CC(=O)C2CCOC2)C1. The number of Topliss-reactive ketones (excluding diaryl/α,β-unsaturated/α-hetero) is 1. The van der Waals surface area contributed by atoms with Gasteiger partial charge in [-0.25, -0.2) is 0 Å². The lowest BCUT2D eigenvalue weighted by Crippen LogP contribution is -2.32. The maximum absolute atomic E-state index is 12.0. The molecule has 0 aromatic heterocycles. The van der Waals surface area contributed by atoms with Gasteiger partial charge >= 0.3 is 0 Å². The molecule has 3 heteroatoms. The Morgan fingerprint density at radius 1 is 1.44 bits per heavy atom. The molecule has 0 radical (unpaired) electrons. The molecule has 0 amide bonds. The third-order valence-electron chi connectivity index (χ3n) is 4.02. The molecule has 2 saturated heterocycles. The van der Waals surface area contributed by atoms with Gasteiger partial charge in [0.1, 0.15) is 0 Å². The highest BCUT2D eigenvalue weighted by atomic mass is 16.5. The van der Waals surface area contributed by atoms with Crippen LogP contribution in [0.3, 0.4) is 0 Å². The van der Waals surface area contributed by atoms with Crippen molar-refractivity contribution in [3.63, 3.8) is 0 Å². The van der Waals surface area contributed by atoms with Crippen molar-refractivity contribution in [2.75, 3.05) is 32.8 Å². The molecule has 2 rings (SSSR count). The van der Waals surface area contributed by atoms with E-state index < -0.39 is 0 Å². The van der Waals surface area contributed by atoms with Crippen LogP contribution in [0.2, 0.25) is 0 Å². The first-order valence-corrected chi connectivity index (χ1v) is 6.49. The average Bonchev–Trinajstić information content (AvgIpc) is 2.87. The summed E-state index contributed by atoms with van der Waals surface area (Å²) in [4.78, 5) is 14.3. The van der Waals surface area contributed by atoms with Crippen LogP contribution in [0.1, 0.15) is 26.7 Å². The zero-order chi connectivity index (χ0) is 11.5. The van der Waals surface area contributed by atoms with Crippen molar-refractivity contribution < 1.29 is 9.53 Å². The molecule has 0 saturated carbocycles. The standard InChI is InChI=1S/C13H23NO2/c1-10(2)11-3-5-14(7-11)8-13(15)12-4-6-16-9-12/h10-12H,3-9H2,1-2H3. The number of nitrogens with zero attached hydrogens (tertiary/aromatic N) is 1. The molecule has 2 aliphatic heterocycles. The van der Waals surface area contributed by atoms with Gasteiger partial charge in [-0.1, -0.05) is 13.8 Å².